The largest absolute Gasteiger partial charge is 0.248 e. The molecule has 0 aliphatic heterocycles. The van der Waals surface area contributed by atoms with Gasteiger partial charge in [-0.3, -0.25) is 0 Å². The topological polar surface area (TPSA) is 12.9 Å². The maximum absolute atomic E-state index is 5.25. The van der Waals surface area contributed by atoms with E-state index in [1.54, 1.807) is 0 Å². The third-order valence-electron chi connectivity index (χ3n) is 10.5. The standard InChI is InChI=1S/C48H31N/c1-3-14-32(15-4-1)34-18-13-19-36(28-34)47-31-37(30-46(49-47)33-16-5-2-6-17-33)35-26-27-45-41(29-35)40-22-9-12-25-44(40)48(45)42-23-10-7-20-38(42)39-21-8-11-24-43(39)48/h1-31H. The summed E-state index contributed by atoms with van der Waals surface area (Å²) in [7, 11) is 0. The van der Waals surface area contributed by atoms with Crippen LogP contribution < -0.4 is 0 Å². The van der Waals surface area contributed by atoms with Crippen LogP contribution in [0.4, 0.5) is 0 Å². The van der Waals surface area contributed by atoms with Crippen LogP contribution in [0, 0.1) is 0 Å². The minimum Gasteiger partial charge on any atom is -0.248 e. The van der Waals surface area contributed by atoms with E-state index in [0.717, 1.165) is 28.1 Å². The molecule has 2 aliphatic carbocycles. The fraction of sp³-hybridized carbons (Fsp3) is 0.0208. The smallest absolute Gasteiger partial charge is 0.0725 e. The third-order valence-corrected chi connectivity index (χ3v) is 10.5. The van der Waals surface area contributed by atoms with Gasteiger partial charge in [0.1, 0.15) is 0 Å². The van der Waals surface area contributed by atoms with Crippen molar-refractivity contribution in [3.8, 4) is 67.0 Å². The molecule has 0 bridgehead atoms. The first-order valence-corrected chi connectivity index (χ1v) is 17.0. The number of aromatic nitrogens is 1. The molecular formula is C48H31N. The van der Waals surface area contributed by atoms with E-state index in [-0.39, 0.29) is 5.41 Å². The molecule has 0 saturated carbocycles. The lowest BCUT2D eigenvalue weighted by atomic mass is 9.70. The molecule has 0 atom stereocenters. The lowest BCUT2D eigenvalue weighted by Crippen LogP contribution is -2.25. The lowest BCUT2D eigenvalue weighted by Gasteiger charge is -2.30. The Labute approximate surface area is 286 Å². The van der Waals surface area contributed by atoms with Crippen molar-refractivity contribution in [3.63, 3.8) is 0 Å². The average molecular weight is 622 g/mol. The van der Waals surface area contributed by atoms with Crippen molar-refractivity contribution in [2.24, 2.45) is 0 Å². The summed E-state index contributed by atoms with van der Waals surface area (Å²) in [5, 5.41) is 0. The van der Waals surface area contributed by atoms with Gasteiger partial charge in [-0.15, -0.1) is 0 Å². The summed E-state index contributed by atoms with van der Waals surface area (Å²) in [6.45, 7) is 0. The number of hydrogen-bond acceptors (Lipinski definition) is 1. The summed E-state index contributed by atoms with van der Waals surface area (Å²) in [4.78, 5) is 5.25. The second kappa shape index (κ2) is 10.9. The van der Waals surface area contributed by atoms with Crippen LogP contribution in [0.5, 0.6) is 0 Å². The van der Waals surface area contributed by atoms with Gasteiger partial charge in [0.05, 0.1) is 16.8 Å². The summed E-state index contributed by atoms with van der Waals surface area (Å²) in [6.07, 6.45) is 0. The monoisotopic (exact) mass is 621 g/mol. The quantitative estimate of drug-likeness (QED) is 0.191. The van der Waals surface area contributed by atoms with Crippen molar-refractivity contribution in [2.45, 2.75) is 5.41 Å². The van der Waals surface area contributed by atoms with E-state index < -0.39 is 0 Å². The van der Waals surface area contributed by atoms with Gasteiger partial charge in [0.15, 0.2) is 0 Å². The molecule has 0 N–H and O–H groups in total. The Morgan fingerprint density at radius 2 is 0.714 bits per heavy atom. The van der Waals surface area contributed by atoms with Gasteiger partial charge in [-0.1, -0.05) is 164 Å². The molecule has 0 amide bonds. The van der Waals surface area contributed by atoms with E-state index in [9.17, 15) is 0 Å². The average Bonchev–Trinajstić information content (AvgIpc) is 3.65. The highest BCUT2D eigenvalue weighted by Crippen LogP contribution is 2.62. The highest BCUT2D eigenvalue weighted by Gasteiger charge is 2.51. The first kappa shape index (κ1) is 27.8. The van der Waals surface area contributed by atoms with Gasteiger partial charge < -0.3 is 0 Å². The molecule has 2 aliphatic rings. The zero-order valence-corrected chi connectivity index (χ0v) is 26.8. The number of fused-ring (bicyclic) bond motifs is 10. The molecule has 1 nitrogen and oxygen atoms in total. The molecule has 0 unspecified atom stereocenters. The van der Waals surface area contributed by atoms with Gasteiger partial charge >= 0.3 is 0 Å². The lowest BCUT2D eigenvalue weighted by molar-refractivity contribution is 0.794. The Morgan fingerprint density at radius 1 is 0.265 bits per heavy atom. The molecule has 0 saturated heterocycles. The molecule has 10 rings (SSSR count). The molecule has 8 aromatic rings. The molecule has 1 heterocycles. The second-order valence-corrected chi connectivity index (χ2v) is 13.1. The van der Waals surface area contributed by atoms with E-state index in [0.29, 0.717) is 0 Å². The van der Waals surface area contributed by atoms with Crippen molar-refractivity contribution in [2.75, 3.05) is 0 Å². The molecule has 0 radical (unpaired) electrons. The Kier molecular flexibility index (Phi) is 6.16. The molecule has 0 fully saturated rings. The first-order valence-electron chi connectivity index (χ1n) is 17.0. The highest BCUT2D eigenvalue weighted by atomic mass is 14.7. The van der Waals surface area contributed by atoms with Gasteiger partial charge in [-0.25, -0.2) is 4.98 Å². The fourth-order valence-corrected chi connectivity index (χ4v) is 8.37. The molecule has 1 aromatic heterocycles. The SMILES string of the molecule is c1ccc(-c2cccc(-c3cc(-c4ccc5c(c4)-c4ccccc4C54c5ccccc5-c5ccccc54)cc(-c4ccccc4)n3)c2)cc1. The maximum atomic E-state index is 5.25. The van der Waals surface area contributed by atoms with Crippen molar-refractivity contribution >= 4 is 0 Å². The summed E-state index contributed by atoms with van der Waals surface area (Å²) < 4.78 is 0. The number of benzene rings is 7. The number of hydrogen-bond donors (Lipinski definition) is 0. The van der Waals surface area contributed by atoms with Crippen LogP contribution in [-0.2, 0) is 5.41 Å². The van der Waals surface area contributed by atoms with Crippen LogP contribution in [0.3, 0.4) is 0 Å². The third kappa shape index (κ3) is 4.16. The minimum atomic E-state index is -0.339. The van der Waals surface area contributed by atoms with Crippen molar-refractivity contribution < 1.29 is 0 Å². The predicted octanol–water partition coefficient (Wildman–Crippen LogP) is 12.1. The minimum absolute atomic E-state index is 0.339. The molecular weight excluding hydrogens is 591 g/mol. The van der Waals surface area contributed by atoms with Gasteiger partial charge in [0.25, 0.3) is 0 Å². The second-order valence-electron chi connectivity index (χ2n) is 13.1. The van der Waals surface area contributed by atoms with Gasteiger partial charge in [0.2, 0.25) is 0 Å². The summed E-state index contributed by atoms with van der Waals surface area (Å²) in [5.74, 6) is 0. The highest BCUT2D eigenvalue weighted by molar-refractivity contribution is 5.96. The zero-order valence-electron chi connectivity index (χ0n) is 26.8. The summed E-state index contributed by atoms with van der Waals surface area (Å²) in [6, 6.07) is 68.4. The molecule has 7 aromatic carbocycles. The maximum Gasteiger partial charge on any atom is 0.0725 e. The van der Waals surface area contributed by atoms with E-state index in [1.165, 1.54) is 61.2 Å². The van der Waals surface area contributed by atoms with Crippen molar-refractivity contribution in [1.29, 1.82) is 0 Å². The molecule has 228 valence electrons. The summed E-state index contributed by atoms with van der Waals surface area (Å²) in [5.41, 5.74) is 19.2. The van der Waals surface area contributed by atoms with Crippen molar-refractivity contribution in [1.82, 2.24) is 4.98 Å². The van der Waals surface area contributed by atoms with Crippen LogP contribution >= 0.6 is 0 Å². The van der Waals surface area contributed by atoms with Gasteiger partial charge in [0, 0.05) is 11.1 Å². The predicted molar refractivity (Wildman–Crippen MR) is 202 cm³/mol. The number of pyridine rings is 1. The molecule has 1 spiro atoms. The normalized spacial score (nSPS) is 13.1. The van der Waals surface area contributed by atoms with E-state index in [1.807, 2.05) is 0 Å². The Hall–Kier alpha value is -6.31. The van der Waals surface area contributed by atoms with Gasteiger partial charge in [-0.2, -0.15) is 0 Å². The Bertz CT molecular complexity index is 2500. The van der Waals surface area contributed by atoms with E-state index >= 15 is 0 Å². The van der Waals surface area contributed by atoms with Crippen LogP contribution in [0.1, 0.15) is 22.3 Å². The van der Waals surface area contributed by atoms with E-state index in [4.69, 9.17) is 4.98 Å². The van der Waals surface area contributed by atoms with Gasteiger partial charge in [-0.05, 0) is 91.0 Å². The van der Waals surface area contributed by atoms with Crippen LogP contribution in [0.25, 0.3) is 67.0 Å². The Morgan fingerprint density at radius 3 is 1.35 bits per heavy atom. The molecule has 49 heavy (non-hydrogen) atoms. The zero-order chi connectivity index (χ0) is 32.4. The molecule has 1 heteroatoms. The van der Waals surface area contributed by atoms with E-state index in [2.05, 4.69) is 188 Å². The summed E-state index contributed by atoms with van der Waals surface area (Å²) >= 11 is 0. The van der Waals surface area contributed by atoms with Crippen LogP contribution in [-0.4, -0.2) is 4.98 Å². The van der Waals surface area contributed by atoms with Crippen molar-refractivity contribution in [3.05, 3.63) is 210 Å². The van der Waals surface area contributed by atoms with Crippen LogP contribution in [0.15, 0.2) is 188 Å². The fourth-order valence-electron chi connectivity index (χ4n) is 8.37. The number of rotatable bonds is 4. The first-order chi connectivity index (χ1) is 24.3. The van der Waals surface area contributed by atoms with Crippen LogP contribution in [0.2, 0.25) is 0 Å². The Balaban J connectivity index is 1.18. The number of nitrogens with zero attached hydrogens (tertiary/aromatic N) is 1.